The molecule has 9 heteroatoms. The van der Waals surface area contributed by atoms with Crippen molar-refractivity contribution < 1.29 is 32.8 Å². The molecule has 0 aliphatic carbocycles. The highest BCUT2D eigenvalue weighted by Crippen LogP contribution is 2.19. The fourth-order valence-corrected chi connectivity index (χ4v) is 2.05. The summed E-state index contributed by atoms with van der Waals surface area (Å²) < 4.78 is 30.4. The van der Waals surface area contributed by atoms with E-state index < -0.39 is 38.1 Å². The van der Waals surface area contributed by atoms with Crippen molar-refractivity contribution >= 4 is 22.1 Å². The van der Waals surface area contributed by atoms with E-state index in [1.54, 1.807) is 0 Å². The maximum Gasteiger partial charge on any atom is 0.338 e. The highest BCUT2D eigenvalue weighted by molar-refractivity contribution is 7.86. The third-order valence-corrected chi connectivity index (χ3v) is 3.20. The first kappa shape index (κ1) is 19.0. The zero-order chi connectivity index (χ0) is 16.6. The zero-order valence-electron chi connectivity index (χ0n) is 11.3. The molecular formula is C12H17NO7S. The normalized spacial score (nSPS) is 10.4. The molecular weight excluding hydrogens is 302 g/mol. The summed E-state index contributed by atoms with van der Waals surface area (Å²) in [6, 6.07) is 2.77. The number of hydrogen-bond donors (Lipinski definition) is 4. The van der Waals surface area contributed by atoms with Crippen LogP contribution in [0.15, 0.2) is 23.1 Å². The van der Waals surface area contributed by atoms with E-state index in [1.807, 2.05) is 0 Å². The molecule has 0 saturated carbocycles. The van der Waals surface area contributed by atoms with E-state index in [1.165, 1.54) is 12.8 Å². The molecule has 0 aliphatic rings. The Hall–Kier alpha value is -1.97. The van der Waals surface area contributed by atoms with Crippen LogP contribution >= 0.6 is 0 Å². The van der Waals surface area contributed by atoms with Gasteiger partial charge in [0.2, 0.25) is 0 Å². The number of carbonyl (C=O) groups is 2. The highest BCUT2D eigenvalue weighted by atomic mass is 32.2. The van der Waals surface area contributed by atoms with Crippen LogP contribution in [-0.4, -0.2) is 41.7 Å². The number of unbranched alkanes of at least 4 members (excludes halogenated alkanes) is 1. The third kappa shape index (κ3) is 5.90. The number of aromatic carboxylic acids is 2. The van der Waals surface area contributed by atoms with E-state index in [4.69, 9.17) is 20.5 Å². The van der Waals surface area contributed by atoms with Crippen LogP contribution in [0.2, 0.25) is 0 Å². The van der Waals surface area contributed by atoms with Crippen molar-refractivity contribution in [2.45, 2.75) is 24.7 Å². The molecule has 0 saturated heterocycles. The number of rotatable bonds is 5. The minimum Gasteiger partial charge on any atom is -0.478 e. The molecule has 0 unspecified atom stereocenters. The second-order valence-electron chi connectivity index (χ2n) is 3.91. The molecule has 0 fully saturated rings. The summed E-state index contributed by atoms with van der Waals surface area (Å²) >= 11 is 0. The average molecular weight is 319 g/mol. The molecule has 21 heavy (non-hydrogen) atoms. The molecule has 118 valence electrons. The van der Waals surface area contributed by atoms with Gasteiger partial charge in [0.05, 0.1) is 11.1 Å². The zero-order valence-corrected chi connectivity index (χ0v) is 12.1. The second kappa shape index (κ2) is 8.35. The molecule has 1 aromatic rings. The van der Waals surface area contributed by atoms with Crippen molar-refractivity contribution in [2.24, 2.45) is 5.73 Å². The summed E-state index contributed by atoms with van der Waals surface area (Å²) in [5, 5.41) is 17.4. The molecule has 0 spiro atoms. The first-order chi connectivity index (χ1) is 9.66. The lowest BCUT2D eigenvalue weighted by Crippen LogP contribution is -2.14. The maximum absolute atomic E-state index is 10.8. The van der Waals surface area contributed by atoms with Gasteiger partial charge in [-0.3, -0.25) is 4.55 Å². The summed E-state index contributed by atoms with van der Waals surface area (Å²) in [6.07, 6.45) is 2.39. The standard InChI is InChI=1S/C8H6O7S.C4H11N/c9-7(10)4-2-1-3-5(16(13,14)15)6(4)8(11)12;1-2-3-4-5/h1-3H,(H,9,10)(H,11,12)(H,13,14,15);2-5H2,1H3. The predicted molar refractivity (Wildman–Crippen MR) is 74.1 cm³/mol. The summed E-state index contributed by atoms with van der Waals surface area (Å²) in [4.78, 5) is 20.5. The Morgan fingerprint density at radius 2 is 1.76 bits per heavy atom. The van der Waals surface area contributed by atoms with Crippen LogP contribution in [0.5, 0.6) is 0 Å². The SMILES string of the molecule is CCCCN.O=C(O)c1cccc(S(=O)(=O)O)c1C(=O)O. The topological polar surface area (TPSA) is 155 Å². The fourth-order valence-electron chi connectivity index (χ4n) is 1.35. The maximum atomic E-state index is 10.8. The summed E-state index contributed by atoms with van der Waals surface area (Å²) in [5.41, 5.74) is 3.47. The molecule has 1 aromatic carbocycles. The Kier molecular flexibility index (Phi) is 7.56. The Bertz CT molecular complexity index is 608. The third-order valence-electron chi connectivity index (χ3n) is 2.31. The predicted octanol–water partition coefficient (Wildman–Crippen LogP) is 1.07. The van der Waals surface area contributed by atoms with Gasteiger partial charge in [-0.15, -0.1) is 0 Å². The minimum absolute atomic E-state index is 0.706. The quantitative estimate of drug-likeness (QED) is 0.587. The number of hydrogen-bond acceptors (Lipinski definition) is 5. The van der Waals surface area contributed by atoms with Crippen molar-refractivity contribution in [3.63, 3.8) is 0 Å². The Balaban J connectivity index is 0.000000690. The summed E-state index contributed by atoms with van der Waals surface area (Å²) in [7, 11) is -4.78. The smallest absolute Gasteiger partial charge is 0.338 e. The van der Waals surface area contributed by atoms with E-state index in [0.29, 0.717) is 0 Å². The van der Waals surface area contributed by atoms with Gasteiger partial charge in [-0.1, -0.05) is 19.4 Å². The van der Waals surface area contributed by atoms with Crippen molar-refractivity contribution in [3.05, 3.63) is 29.3 Å². The van der Waals surface area contributed by atoms with Gasteiger partial charge >= 0.3 is 11.9 Å². The van der Waals surface area contributed by atoms with Crippen LogP contribution in [0.25, 0.3) is 0 Å². The lowest BCUT2D eigenvalue weighted by atomic mass is 10.1. The summed E-state index contributed by atoms with van der Waals surface area (Å²) in [5.74, 6) is -3.34. The average Bonchev–Trinajstić information content (AvgIpc) is 2.38. The molecule has 8 nitrogen and oxygen atoms in total. The van der Waals surface area contributed by atoms with Gasteiger partial charge in [0.25, 0.3) is 10.1 Å². The van der Waals surface area contributed by atoms with Crippen molar-refractivity contribution in [2.75, 3.05) is 6.54 Å². The number of carboxylic acids is 2. The van der Waals surface area contributed by atoms with Gasteiger partial charge in [-0.05, 0) is 25.1 Å². The van der Waals surface area contributed by atoms with Crippen LogP contribution in [0.1, 0.15) is 40.5 Å². The van der Waals surface area contributed by atoms with Gasteiger partial charge in [0.15, 0.2) is 0 Å². The minimum atomic E-state index is -4.78. The number of benzene rings is 1. The van der Waals surface area contributed by atoms with Crippen molar-refractivity contribution in [1.82, 2.24) is 0 Å². The molecule has 0 aliphatic heterocycles. The van der Waals surface area contributed by atoms with Gasteiger partial charge in [-0.25, -0.2) is 9.59 Å². The van der Waals surface area contributed by atoms with Crippen LogP contribution in [-0.2, 0) is 10.1 Å². The first-order valence-electron chi connectivity index (χ1n) is 5.93. The second-order valence-corrected chi connectivity index (χ2v) is 5.30. The monoisotopic (exact) mass is 319 g/mol. The molecule has 5 N–H and O–H groups in total. The number of nitrogens with two attached hydrogens (primary N) is 1. The lowest BCUT2D eigenvalue weighted by Gasteiger charge is -2.05. The Labute approximate surface area is 122 Å². The van der Waals surface area contributed by atoms with Gasteiger partial charge in [0.1, 0.15) is 4.90 Å². The van der Waals surface area contributed by atoms with E-state index in [0.717, 1.165) is 24.7 Å². The molecule has 0 bridgehead atoms. The fraction of sp³-hybridized carbons (Fsp3) is 0.333. The molecule has 1 rings (SSSR count). The Morgan fingerprint density at radius 3 is 2.05 bits per heavy atom. The lowest BCUT2D eigenvalue weighted by molar-refractivity contribution is 0.0648. The van der Waals surface area contributed by atoms with E-state index in [2.05, 4.69) is 6.92 Å². The van der Waals surface area contributed by atoms with E-state index >= 15 is 0 Å². The Morgan fingerprint density at radius 1 is 1.19 bits per heavy atom. The van der Waals surface area contributed by atoms with Crippen LogP contribution in [0.3, 0.4) is 0 Å². The van der Waals surface area contributed by atoms with Crippen molar-refractivity contribution in [1.29, 1.82) is 0 Å². The molecule has 0 radical (unpaired) electrons. The highest BCUT2D eigenvalue weighted by Gasteiger charge is 2.25. The molecule has 0 aromatic heterocycles. The van der Waals surface area contributed by atoms with Gasteiger partial charge < -0.3 is 15.9 Å². The van der Waals surface area contributed by atoms with E-state index in [-0.39, 0.29) is 0 Å². The number of carboxylic acid groups (broad SMARTS) is 2. The van der Waals surface area contributed by atoms with E-state index in [9.17, 15) is 18.0 Å². The largest absolute Gasteiger partial charge is 0.478 e. The van der Waals surface area contributed by atoms with Crippen molar-refractivity contribution in [3.8, 4) is 0 Å². The van der Waals surface area contributed by atoms with Gasteiger partial charge in [-0.2, -0.15) is 8.42 Å². The van der Waals surface area contributed by atoms with Crippen LogP contribution < -0.4 is 5.73 Å². The summed E-state index contributed by atoms with van der Waals surface area (Å²) in [6.45, 7) is 2.98. The first-order valence-corrected chi connectivity index (χ1v) is 7.37. The molecule has 0 amide bonds. The molecule has 0 heterocycles. The van der Waals surface area contributed by atoms with Crippen LogP contribution in [0, 0.1) is 0 Å². The molecule has 0 atom stereocenters. The van der Waals surface area contributed by atoms with Crippen LogP contribution in [0.4, 0.5) is 0 Å². The van der Waals surface area contributed by atoms with Gasteiger partial charge in [0, 0.05) is 0 Å².